The van der Waals surface area contributed by atoms with E-state index in [1.807, 2.05) is 12.1 Å². The number of halogens is 1. The number of nitrogens with one attached hydrogen (secondary N) is 2. The van der Waals surface area contributed by atoms with E-state index in [1.54, 1.807) is 30.3 Å². The summed E-state index contributed by atoms with van der Waals surface area (Å²) in [5.41, 5.74) is 3.02. The zero-order chi connectivity index (χ0) is 17.2. The lowest BCUT2D eigenvalue weighted by Gasteiger charge is -2.14. The Balaban J connectivity index is 2.05. The van der Waals surface area contributed by atoms with Gasteiger partial charge in [-0.3, -0.25) is 4.72 Å². The zero-order valence-corrected chi connectivity index (χ0v) is 14.8. The molecule has 2 aromatic rings. The van der Waals surface area contributed by atoms with E-state index in [-0.39, 0.29) is 0 Å². The molecule has 24 heavy (non-hydrogen) atoms. The first-order chi connectivity index (χ1) is 11.5. The van der Waals surface area contributed by atoms with Crippen LogP contribution in [0.5, 0.6) is 0 Å². The standard InChI is InChI=1S/C17H18ClN3O2S/c1-19-17(22)21-24(23,20-15-8-6-14(18)7-9-15)16-10-5-12-3-2-4-13(12)11-16/h5-11H,2-4H2,1H3,(H2,19,20,21,22,23). The van der Waals surface area contributed by atoms with Crippen LogP contribution in [0.4, 0.5) is 10.5 Å². The van der Waals surface area contributed by atoms with Crippen LogP contribution in [0.2, 0.25) is 5.02 Å². The summed E-state index contributed by atoms with van der Waals surface area (Å²) < 4.78 is 20.2. The Kier molecular flexibility index (Phi) is 4.78. The lowest BCUT2D eigenvalue weighted by atomic mass is 10.1. The molecule has 1 unspecified atom stereocenters. The number of amides is 2. The van der Waals surface area contributed by atoms with Crippen LogP contribution in [0.1, 0.15) is 17.5 Å². The molecule has 0 fully saturated rings. The van der Waals surface area contributed by atoms with Crippen molar-refractivity contribution in [3.8, 4) is 0 Å². The molecule has 0 saturated carbocycles. The van der Waals surface area contributed by atoms with Crippen LogP contribution in [0, 0.1) is 0 Å². The number of hydrogen-bond acceptors (Lipinski definition) is 2. The van der Waals surface area contributed by atoms with E-state index in [0.29, 0.717) is 15.6 Å². The van der Waals surface area contributed by atoms with Crippen LogP contribution < -0.4 is 10.0 Å². The topological polar surface area (TPSA) is 70.6 Å². The maximum atomic E-state index is 13.4. The number of anilines is 1. The molecule has 0 spiro atoms. The summed E-state index contributed by atoms with van der Waals surface area (Å²) in [7, 11) is -1.69. The molecule has 7 heteroatoms. The molecule has 1 aliphatic carbocycles. The lowest BCUT2D eigenvalue weighted by Crippen LogP contribution is -2.20. The van der Waals surface area contributed by atoms with E-state index in [0.717, 1.165) is 19.3 Å². The molecule has 1 atom stereocenters. The van der Waals surface area contributed by atoms with Crippen LogP contribution >= 0.6 is 11.6 Å². The maximum absolute atomic E-state index is 13.4. The number of carbonyl (C=O) groups is 1. The molecule has 0 bridgehead atoms. The minimum Gasteiger partial charge on any atom is -0.339 e. The molecule has 126 valence electrons. The summed E-state index contributed by atoms with van der Waals surface area (Å²) in [4.78, 5) is 12.3. The normalized spacial score (nSPS) is 15.2. The zero-order valence-electron chi connectivity index (χ0n) is 13.2. The number of carbonyl (C=O) groups excluding carboxylic acids is 1. The molecule has 2 aromatic carbocycles. The van der Waals surface area contributed by atoms with Crippen LogP contribution in [0.15, 0.2) is 51.7 Å². The Hall–Kier alpha value is -2.05. The lowest BCUT2D eigenvalue weighted by molar-refractivity contribution is 0.251. The number of hydrogen-bond donors (Lipinski definition) is 2. The summed E-state index contributed by atoms with van der Waals surface area (Å²) in [5.74, 6) is 0. The smallest absolute Gasteiger partial charge is 0.339 e. The number of fused-ring (bicyclic) bond motifs is 1. The van der Waals surface area contributed by atoms with Gasteiger partial charge in [0.15, 0.2) is 9.92 Å². The third kappa shape index (κ3) is 3.55. The third-order valence-corrected chi connectivity index (χ3v) is 6.00. The molecule has 0 aromatic heterocycles. The highest BCUT2D eigenvalue weighted by Crippen LogP contribution is 2.27. The fourth-order valence-electron chi connectivity index (χ4n) is 2.69. The highest BCUT2D eigenvalue weighted by Gasteiger charge is 2.19. The molecule has 1 aliphatic rings. The van der Waals surface area contributed by atoms with Gasteiger partial charge in [0.05, 0.1) is 4.90 Å². The van der Waals surface area contributed by atoms with Crippen molar-refractivity contribution in [2.45, 2.75) is 24.2 Å². The van der Waals surface area contributed by atoms with Crippen molar-refractivity contribution in [2.75, 3.05) is 11.8 Å². The Labute approximate surface area is 146 Å². The number of nitrogens with zero attached hydrogens (tertiary/aromatic N) is 1. The van der Waals surface area contributed by atoms with Crippen molar-refractivity contribution in [2.24, 2.45) is 4.36 Å². The van der Waals surface area contributed by atoms with Crippen molar-refractivity contribution < 1.29 is 9.00 Å². The first kappa shape index (κ1) is 16.8. The monoisotopic (exact) mass is 363 g/mol. The Morgan fingerprint density at radius 1 is 1.12 bits per heavy atom. The van der Waals surface area contributed by atoms with Crippen molar-refractivity contribution in [3.05, 3.63) is 58.6 Å². The van der Waals surface area contributed by atoms with E-state index < -0.39 is 15.9 Å². The van der Waals surface area contributed by atoms with Gasteiger partial charge in [0.2, 0.25) is 0 Å². The van der Waals surface area contributed by atoms with E-state index in [9.17, 15) is 9.00 Å². The van der Waals surface area contributed by atoms with Gasteiger partial charge in [-0.15, -0.1) is 4.36 Å². The van der Waals surface area contributed by atoms with Gasteiger partial charge < -0.3 is 5.32 Å². The molecule has 5 nitrogen and oxygen atoms in total. The fourth-order valence-corrected chi connectivity index (χ4v) is 4.42. The van der Waals surface area contributed by atoms with Gasteiger partial charge in [-0.1, -0.05) is 17.7 Å². The minimum absolute atomic E-state index is 0.502. The average Bonchev–Trinajstić information content (AvgIpc) is 3.04. The van der Waals surface area contributed by atoms with Crippen LogP contribution in [0.3, 0.4) is 0 Å². The highest BCUT2D eigenvalue weighted by atomic mass is 35.5. The van der Waals surface area contributed by atoms with Gasteiger partial charge in [0, 0.05) is 17.8 Å². The second-order valence-corrected chi connectivity index (χ2v) is 7.91. The van der Waals surface area contributed by atoms with Crippen molar-refractivity contribution in [3.63, 3.8) is 0 Å². The minimum atomic E-state index is -3.15. The van der Waals surface area contributed by atoms with E-state index >= 15 is 0 Å². The maximum Gasteiger partial charge on any atom is 0.350 e. The van der Waals surface area contributed by atoms with Gasteiger partial charge in [0.25, 0.3) is 0 Å². The number of rotatable bonds is 3. The Bertz CT molecular complexity index is 887. The molecular weight excluding hydrogens is 346 g/mol. The fraction of sp³-hybridized carbons (Fsp3) is 0.235. The van der Waals surface area contributed by atoms with Gasteiger partial charge >= 0.3 is 6.03 Å². The molecule has 2 amide bonds. The molecule has 3 rings (SSSR count). The van der Waals surface area contributed by atoms with E-state index in [1.165, 1.54) is 18.2 Å². The average molecular weight is 364 g/mol. The van der Waals surface area contributed by atoms with E-state index in [2.05, 4.69) is 14.4 Å². The predicted molar refractivity (Wildman–Crippen MR) is 96.8 cm³/mol. The predicted octanol–water partition coefficient (Wildman–Crippen LogP) is 4.02. The van der Waals surface area contributed by atoms with Crippen molar-refractivity contribution in [1.29, 1.82) is 0 Å². The molecule has 0 heterocycles. The molecular formula is C17H18ClN3O2S. The van der Waals surface area contributed by atoms with Gasteiger partial charge in [-0.25, -0.2) is 9.00 Å². The number of benzene rings is 2. The highest BCUT2D eigenvalue weighted by molar-refractivity contribution is 7.95. The molecule has 0 aliphatic heterocycles. The van der Waals surface area contributed by atoms with Crippen LogP contribution in [0.25, 0.3) is 0 Å². The second-order valence-electron chi connectivity index (χ2n) is 5.57. The third-order valence-electron chi connectivity index (χ3n) is 3.92. The largest absolute Gasteiger partial charge is 0.350 e. The van der Waals surface area contributed by atoms with E-state index in [4.69, 9.17) is 11.6 Å². The summed E-state index contributed by atoms with van der Waals surface area (Å²) in [6.45, 7) is 0. The molecule has 0 saturated heterocycles. The van der Waals surface area contributed by atoms with Gasteiger partial charge in [-0.2, -0.15) is 0 Å². The van der Waals surface area contributed by atoms with Gasteiger partial charge in [0.1, 0.15) is 0 Å². The first-order valence-electron chi connectivity index (χ1n) is 7.64. The second kappa shape index (κ2) is 6.83. The Morgan fingerprint density at radius 3 is 2.54 bits per heavy atom. The van der Waals surface area contributed by atoms with Crippen LogP contribution in [-0.2, 0) is 22.8 Å². The molecule has 2 N–H and O–H groups in total. The van der Waals surface area contributed by atoms with Gasteiger partial charge in [-0.05, 0) is 66.8 Å². The van der Waals surface area contributed by atoms with Crippen molar-refractivity contribution >= 4 is 33.2 Å². The Morgan fingerprint density at radius 2 is 1.83 bits per heavy atom. The summed E-state index contributed by atoms with van der Waals surface area (Å²) in [5, 5.41) is 2.97. The van der Waals surface area contributed by atoms with Crippen molar-refractivity contribution in [1.82, 2.24) is 5.32 Å². The summed E-state index contributed by atoms with van der Waals surface area (Å²) in [6.07, 6.45) is 3.09. The first-order valence-corrected chi connectivity index (χ1v) is 9.53. The quantitative estimate of drug-likeness (QED) is 0.864. The van der Waals surface area contributed by atoms with Crippen LogP contribution in [-0.4, -0.2) is 17.3 Å². The SMILES string of the molecule is CNC(=O)N=S(=O)(Nc1ccc(Cl)cc1)c1ccc2c(c1)CCC2. The molecule has 0 radical (unpaired) electrons. The number of aryl methyl sites for hydroxylation is 2. The summed E-state index contributed by atoms with van der Waals surface area (Å²) in [6, 6.07) is 11.8. The number of urea groups is 1. The summed E-state index contributed by atoms with van der Waals surface area (Å²) >= 11 is 5.88.